The normalized spacial score (nSPS) is 9.93. The first-order chi connectivity index (χ1) is 7.29. The van der Waals surface area contributed by atoms with Crippen molar-refractivity contribution in [2.45, 2.75) is 0 Å². The number of ether oxygens (including phenoxy) is 1. The first-order valence-electron chi connectivity index (χ1n) is 4.35. The zero-order valence-electron chi connectivity index (χ0n) is 8.10. The summed E-state index contributed by atoms with van der Waals surface area (Å²) in [4.78, 5) is 15.1. The number of H-pyrrole nitrogens is 1. The molecule has 0 atom stereocenters. The molecular formula is C10H9N3O2. The zero-order valence-corrected chi connectivity index (χ0v) is 8.10. The second kappa shape index (κ2) is 3.91. The highest BCUT2D eigenvalue weighted by Gasteiger charge is 1.99. The van der Waals surface area contributed by atoms with Gasteiger partial charge in [-0.3, -0.25) is 4.79 Å². The molecule has 0 aliphatic rings. The number of hydrogen-bond donors (Lipinski definition) is 1. The lowest BCUT2D eigenvalue weighted by Crippen LogP contribution is -2.05. The van der Waals surface area contributed by atoms with Crippen molar-refractivity contribution in [1.29, 1.82) is 0 Å². The van der Waals surface area contributed by atoms with Crippen molar-refractivity contribution in [2.75, 3.05) is 7.11 Å². The highest BCUT2D eigenvalue weighted by Crippen LogP contribution is 2.17. The molecule has 0 unspecified atom stereocenters. The van der Waals surface area contributed by atoms with Crippen molar-refractivity contribution in [2.24, 2.45) is 0 Å². The van der Waals surface area contributed by atoms with Crippen molar-refractivity contribution in [3.8, 4) is 17.0 Å². The second-order valence-corrected chi connectivity index (χ2v) is 2.92. The molecule has 2 heterocycles. The number of nitrogens with one attached hydrogen (secondary N) is 1. The van der Waals surface area contributed by atoms with Crippen molar-refractivity contribution < 1.29 is 4.74 Å². The maximum atomic E-state index is 11.0. The van der Waals surface area contributed by atoms with Crippen LogP contribution in [0.4, 0.5) is 0 Å². The monoisotopic (exact) mass is 203 g/mol. The molecule has 0 aliphatic heterocycles. The molecule has 0 bridgehead atoms. The van der Waals surface area contributed by atoms with Gasteiger partial charge in [0.2, 0.25) is 5.88 Å². The molecule has 76 valence electrons. The SMILES string of the molecule is COc1ccc(-c2cn[nH]c(=O)c2)cn1. The van der Waals surface area contributed by atoms with Gasteiger partial charge in [0.15, 0.2) is 0 Å². The Morgan fingerprint density at radius 3 is 2.73 bits per heavy atom. The minimum absolute atomic E-state index is 0.233. The molecule has 2 rings (SSSR count). The molecule has 2 aromatic rings. The van der Waals surface area contributed by atoms with Crippen molar-refractivity contribution in [1.82, 2.24) is 15.2 Å². The molecule has 0 amide bonds. The predicted molar refractivity (Wildman–Crippen MR) is 54.6 cm³/mol. The van der Waals surface area contributed by atoms with Crippen molar-refractivity contribution >= 4 is 0 Å². The minimum Gasteiger partial charge on any atom is -0.481 e. The Kier molecular flexibility index (Phi) is 2.45. The van der Waals surface area contributed by atoms with Crippen molar-refractivity contribution in [3.05, 3.63) is 40.9 Å². The van der Waals surface area contributed by atoms with E-state index in [9.17, 15) is 4.79 Å². The lowest BCUT2D eigenvalue weighted by molar-refractivity contribution is 0.398. The van der Waals surface area contributed by atoms with Crippen LogP contribution in [0.15, 0.2) is 35.4 Å². The minimum atomic E-state index is -0.233. The Hall–Kier alpha value is -2.17. The molecule has 5 heteroatoms. The van der Waals surface area contributed by atoms with Crippen LogP contribution in [0.2, 0.25) is 0 Å². The summed E-state index contributed by atoms with van der Waals surface area (Å²) in [5.41, 5.74) is 1.33. The number of rotatable bonds is 2. The van der Waals surface area contributed by atoms with Gasteiger partial charge in [0.25, 0.3) is 5.56 Å². The number of methoxy groups -OCH3 is 1. The first-order valence-corrected chi connectivity index (χ1v) is 4.35. The van der Waals surface area contributed by atoms with Crippen LogP contribution in [0, 0.1) is 0 Å². The molecule has 0 aliphatic carbocycles. The maximum Gasteiger partial charge on any atom is 0.264 e. The number of aromatic nitrogens is 3. The summed E-state index contributed by atoms with van der Waals surface area (Å²) in [7, 11) is 1.55. The Morgan fingerprint density at radius 1 is 1.27 bits per heavy atom. The Bertz CT molecular complexity index is 505. The van der Waals surface area contributed by atoms with Crippen LogP contribution in [0.1, 0.15) is 0 Å². The Morgan fingerprint density at radius 2 is 2.13 bits per heavy atom. The highest BCUT2D eigenvalue weighted by atomic mass is 16.5. The number of aromatic amines is 1. The van der Waals surface area contributed by atoms with E-state index in [1.54, 1.807) is 25.6 Å². The van der Waals surface area contributed by atoms with Crippen LogP contribution in [0.5, 0.6) is 5.88 Å². The third-order valence-corrected chi connectivity index (χ3v) is 1.94. The average Bonchev–Trinajstić information content (AvgIpc) is 2.29. The summed E-state index contributed by atoms with van der Waals surface area (Å²) >= 11 is 0. The molecule has 0 saturated carbocycles. The number of pyridine rings is 1. The van der Waals surface area contributed by atoms with Gasteiger partial charge in [-0.05, 0) is 6.07 Å². The lowest BCUT2D eigenvalue weighted by Gasteiger charge is -2.01. The van der Waals surface area contributed by atoms with Crippen LogP contribution < -0.4 is 10.3 Å². The van der Waals surface area contributed by atoms with Gasteiger partial charge in [-0.1, -0.05) is 0 Å². The summed E-state index contributed by atoms with van der Waals surface area (Å²) in [6.07, 6.45) is 3.21. The van der Waals surface area contributed by atoms with Gasteiger partial charge in [0, 0.05) is 29.5 Å². The molecule has 0 spiro atoms. The largest absolute Gasteiger partial charge is 0.481 e. The molecule has 0 fully saturated rings. The molecule has 5 nitrogen and oxygen atoms in total. The summed E-state index contributed by atoms with van der Waals surface area (Å²) in [6.45, 7) is 0. The average molecular weight is 203 g/mol. The molecule has 15 heavy (non-hydrogen) atoms. The summed E-state index contributed by atoms with van der Waals surface area (Å²) in [5.74, 6) is 0.538. The second-order valence-electron chi connectivity index (χ2n) is 2.92. The van der Waals surface area contributed by atoms with Gasteiger partial charge < -0.3 is 4.74 Å². The standard InChI is InChI=1S/C10H9N3O2/c1-15-10-3-2-7(5-11-10)8-4-9(14)13-12-6-8/h2-6H,1H3,(H,13,14). The van der Waals surface area contributed by atoms with Gasteiger partial charge in [-0.2, -0.15) is 5.10 Å². The van der Waals surface area contributed by atoms with E-state index in [0.29, 0.717) is 5.88 Å². The van der Waals surface area contributed by atoms with Crippen molar-refractivity contribution in [3.63, 3.8) is 0 Å². The van der Waals surface area contributed by atoms with E-state index in [4.69, 9.17) is 4.74 Å². The first kappa shape index (κ1) is 9.39. The van der Waals surface area contributed by atoms with Gasteiger partial charge in [-0.25, -0.2) is 10.1 Å². The Balaban J connectivity index is 2.41. The molecular weight excluding hydrogens is 194 g/mol. The molecule has 2 aromatic heterocycles. The van der Waals surface area contributed by atoms with E-state index in [1.165, 1.54) is 6.07 Å². The van der Waals surface area contributed by atoms with Gasteiger partial charge in [-0.15, -0.1) is 0 Å². The predicted octanol–water partition coefficient (Wildman–Crippen LogP) is 0.840. The molecule has 0 radical (unpaired) electrons. The smallest absolute Gasteiger partial charge is 0.264 e. The van der Waals surface area contributed by atoms with Gasteiger partial charge in [0.05, 0.1) is 13.3 Å². The summed E-state index contributed by atoms with van der Waals surface area (Å²) in [5, 5.41) is 6.02. The van der Waals surface area contributed by atoms with E-state index in [2.05, 4.69) is 15.2 Å². The van der Waals surface area contributed by atoms with Crippen LogP contribution in [-0.2, 0) is 0 Å². The lowest BCUT2D eigenvalue weighted by atomic mass is 10.1. The van der Waals surface area contributed by atoms with Crippen LogP contribution in [0.3, 0.4) is 0 Å². The maximum absolute atomic E-state index is 11.0. The molecule has 1 N–H and O–H groups in total. The zero-order chi connectivity index (χ0) is 10.7. The number of nitrogens with zero attached hydrogens (tertiary/aromatic N) is 2. The van der Waals surface area contributed by atoms with Gasteiger partial charge in [0.1, 0.15) is 0 Å². The topological polar surface area (TPSA) is 67.9 Å². The van der Waals surface area contributed by atoms with Crippen LogP contribution in [-0.4, -0.2) is 22.3 Å². The van der Waals surface area contributed by atoms with Gasteiger partial charge >= 0.3 is 0 Å². The molecule has 0 aromatic carbocycles. The third-order valence-electron chi connectivity index (χ3n) is 1.94. The van der Waals surface area contributed by atoms with Crippen LogP contribution >= 0.6 is 0 Å². The quantitative estimate of drug-likeness (QED) is 0.785. The van der Waals surface area contributed by atoms with E-state index < -0.39 is 0 Å². The molecule has 0 saturated heterocycles. The number of hydrogen-bond acceptors (Lipinski definition) is 4. The highest BCUT2D eigenvalue weighted by molar-refractivity contribution is 5.60. The van der Waals surface area contributed by atoms with E-state index in [0.717, 1.165) is 11.1 Å². The third kappa shape index (κ3) is 2.01. The van der Waals surface area contributed by atoms with Crippen LogP contribution in [0.25, 0.3) is 11.1 Å². The fourth-order valence-electron chi connectivity index (χ4n) is 1.21. The summed E-state index contributed by atoms with van der Waals surface area (Å²) in [6, 6.07) is 5.02. The fraction of sp³-hybridized carbons (Fsp3) is 0.100. The van der Waals surface area contributed by atoms with E-state index in [-0.39, 0.29) is 5.56 Å². The van der Waals surface area contributed by atoms with E-state index in [1.807, 2.05) is 6.07 Å². The fourth-order valence-corrected chi connectivity index (χ4v) is 1.21. The van der Waals surface area contributed by atoms with E-state index >= 15 is 0 Å². The summed E-state index contributed by atoms with van der Waals surface area (Å²) < 4.78 is 4.93. The Labute approximate surface area is 85.8 Å².